The maximum Gasteiger partial charge on any atom is 0.312 e. The zero-order valence-electron chi connectivity index (χ0n) is 11.4. The molecule has 7 nitrogen and oxygen atoms in total. The van der Waals surface area contributed by atoms with E-state index in [2.05, 4.69) is 16.0 Å². The summed E-state index contributed by atoms with van der Waals surface area (Å²) in [7, 11) is 0. The second-order valence-electron chi connectivity index (χ2n) is 4.92. The number of primary amides is 1. The van der Waals surface area contributed by atoms with Crippen LogP contribution in [0.15, 0.2) is 0 Å². The molecule has 19 heavy (non-hydrogen) atoms. The summed E-state index contributed by atoms with van der Waals surface area (Å²) in [4.78, 5) is 34.1. The Labute approximate surface area is 112 Å². The molecule has 1 aliphatic rings. The third kappa shape index (κ3) is 4.76. The first-order valence-electron chi connectivity index (χ1n) is 6.57. The van der Waals surface area contributed by atoms with E-state index < -0.39 is 12.1 Å². The number of rotatable bonds is 5. The molecular weight excluding hydrogens is 248 g/mol. The summed E-state index contributed by atoms with van der Waals surface area (Å²) >= 11 is 0. The highest BCUT2D eigenvalue weighted by atomic mass is 16.2. The molecule has 0 aromatic rings. The molecule has 0 saturated carbocycles. The van der Waals surface area contributed by atoms with Crippen molar-refractivity contribution in [2.75, 3.05) is 6.54 Å². The van der Waals surface area contributed by atoms with Crippen molar-refractivity contribution in [3.05, 3.63) is 0 Å². The van der Waals surface area contributed by atoms with Crippen LogP contribution in [0.5, 0.6) is 0 Å². The van der Waals surface area contributed by atoms with Gasteiger partial charge in [0.1, 0.15) is 6.04 Å². The fraction of sp³-hybridized carbons (Fsp3) is 0.750. The highest BCUT2D eigenvalue weighted by Crippen LogP contribution is 2.09. The van der Waals surface area contributed by atoms with Gasteiger partial charge in [-0.25, -0.2) is 4.79 Å². The summed E-state index contributed by atoms with van der Waals surface area (Å²) in [5.41, 5.74) is 5.09. The minimum absolute atomic E-state index is 0.000707. The average Bonchev–Trinajstić information content (AvgIpc) is 2.37. The summed E-state index contributed by atoms with van der Waals surface area (Å²) in [6, 6.07) is -1.44. The Morgan fingerprint density at radius 3 is 2.68 bits per heavy atom. The third-order valence-corrected chi connectivity index (χ3v) is 3.41. The average molecular weight is 270 g/mol. The molecule has 0 radical (unpaired) electrons. The fourth-order valence-corrected chi connectivity index (χ4v) is 2.00. The molecule has 7 heteroatoms. The SMILES string of the molecule is CCC(C)C(NC(N)=O)C(=O)NC1CCC(=O)NC1. The van der Waals surface area contributed by atoms with Gasteiger partial charge in [-0.2, -0.15) is 0 Å². The third-order valence-electron chi connectivity index (χ3n) is 3.41. The molecule has 1 rings (SSSR count). The molecule has 108 valence electrons. The molecule has 3 unspecified atom stereocenters. The van der Waals surface area contributed by atoms with E-state index in [0.717, 1.165) is 6.42 Å². The molecule has 0 aliphatic carbocycles. The van der Waals surface area contributed by atoms with Crippen LogP contribution in [0.1, 0.15) is 33.1 Å². The van der Waals surface area contributed by atoms with Crippen LogP contribution in [0, 0.1) is 5.92 Å². The molecule has 1 heterocycles. The monoisotopic (exact) mass is 270 g/mol. The van der Waals surface area contributed by atoms with Crippen LogP contribution < -0.4 is 21.7 Å². The molecule has 3 atom stereocenters. The van der Waals surface area contributed by atoms with Crippen molar-refractivity contribution in [2.45, 2.75) is 45.2 Å². The number of hydrogen-bond donors (Lipinski definition) is 4. The van der Waals surface area contributed by atoms with E-state index in [-0.39, 0.29) is 23.8 Å². The predicted octanol–water partition coefficient (Wildman–Crippen LogP) is -0.536. The first-order chi connectivity index (χ1) is 8.93. The van der Waals surface area contributed by atoms with Crippen molar-refractivity contribution in [3.8, 4) is 0 Å². The summed E-state index contributed by atoms with van der Waals surface area (Å²) < 4.78 is 0. The number of amides is 4. The van der Waals surface area contributed by atoms with Gasteiger partial charge >= 0.3 is 6.03 Å². The van der Waals surface area contributed by atoms with E-state index in [1.165, 1.54) is 0 Å². The topological polar surface area (TPSA) is 113 Å². The van der Waals surface area contributed by atoms with Crippen LogP contribution in [0.4, 0.5) is 4.79 Å². The zero-order chi connectivity index (χ0) is 14.4. The first kappa shape index (κ1) is 15.3. The van der Waals surface area contributed by atoms with Gasteiger partial charge in [0.25, 0.3) is 0 Å². The van der Waals surface area contributed by atoms with Crippen LogP contribution >= 0.6 is 0 Å². The van der Waals surface area contributed by atoms with Crippen molar-refractivity contribution in [1.29, 1.82) is 0 Å². The highest BCUT2D eigenvalue weighted by Gasteiger charge is 2.28. The van der Waals surface area contributed by atoms with Crippen molar-refractivity contribution >= 4 is 17.8 Å². The summed E-state index contributed by atoms with van der Waals surface area (Å²) in [5, 5.41) is 8.00. The second kappa shape index (κ2) is 6.96. The van der Waals surface area contributed by atoms with Crippen molar-refractivity contribution < 1.29 is 14.4 Å². The number of urea groups is 1. The highest BCUT2D eigenvalue weighted by molar-refractivity contribution is 5.87. The van der Waals surface area contributed by atoms with Gasteiger partial charge in [0.05, 0.1) is 0 Å². The molecule has 5 N–H and O–H groups in total. The normalized spacial score (nSPS) is 22.0. The fourth-order valence-electron chi connectivity index (χ4n) is 2.00. The Hall–Kier alpha value is -1.79. The minimum Gasteiger partial charge on any atom is -0.354 e. The van der Waals surface area contributed by atoms with Gasteiger partial charge < -0.3 is 21.7 Å². The van der Waals surface area contributed by atoms with Crippen LogP contribution in [0.25, 0.3) is 0 Å². The van der Waals surface area contributed by atoms with Crippen molar-refractivity contribution in [1.82, 2.24) is 16.0 Å². The van der Waals surface area contributed by atoms with E-state index in [9.17, 15) is 14.4 Å². The molecule has 0 aromatic heterocycles. The Morgan fingerprint density at radius 2 is 2.21 bits per heavy atom. The maximum atomic E-state index is 12.1. The number of hydrogen-bond acceptors (Lipinski definition) is 3. The van der Waals surface area contributed by atoms with Crippen LogP contribution in [0.3, 0.4) is 0 Å². The molecule has 1 aliphatic heterocycles. The summed E-state index contributed by atoms with van der Waals surface area (Å²) in [5.74, 6) is -0.265. The maximum absolute atomic E-state index is 12.1. The standard InChI is InChI=1S/C12H22N4O3/c1-3-7(2)10(16-12(13)19)11(18)15-8-4-5-9(17)14-6-8/h7-8,10H,3-6H2,1-2H3,(H,14,17)(H,15,18)(H3,13,16,19). The Balaban J connectivity index is 2.56. The van der Waals surface area contributed by atoms with Crippen LogP contribution in [-0.4, -0.2) is 36.5 Å². The number of nitrogens with one attached hydrogen (secondary N) is 3. The second-order valence-corrected chi connectivity index (χ2v) is 4.92. The van der Waals surface area contributed by atoms with Crippen LogP contribution in [0.2, 0.25) is 0 Å². The molecular formula is C12H22N4O3. The van der Waals surface area contributed by atoms with Crippen molar-refractivity contribution in [3.63, 3.8) is 0 Å². The Morgan fingerprint density at radius 1 is 1.53 bits per heavy atom. The van der Waals surface area contributed by atoms with Gasteiger partial charge in [0.2, 0.25) is 11.8 Å². The van der Waals surface area contributed by atoms with Gasteiger partial charge in [0, 0.05) is 19.0 Å². The smallest absolute Gasteiger partial charge is 0.312 e. The van der Waals surface area contributed by atoms with Gasteiger partial charge in [-0.3, -0.25) is 9.59 Å². The Kier molecular flexibility index (Phi) is 5.59. The van der Waals surface area contributed by atoms with Gasteiger partial charge in [0.15, 0.2) is 0 Å². The number of carbonyl (C=O) groups excluding carboxylic acids is 3. The molecule has 4 amide bonds. The first-order valence-corrected chi connectivity index (χ1v) is 6.57. The lowest BCUT2D eigenvalue weighted by Gasteiger charge is -2.28. The molecule has 0 bridgehead atoms. The van der Waals surface area contributed by atoms with E-state index >= 15 is 0 Å². The number of carbonyl (C=O) groups is 3. The molecule has 1 saturated heterocycles. The van der Waals surface area contributed by atoms with E-state index in [1.54, 1.807) is 0 Å². The zero-order valence-corrected chi connectivity index (χ0v) is 11.4. The largest absolute Gasteiger partial charge is 0.354 e. The quantitative estimate of drug-likeness (QED) is 0.538. The number of piperidine rings is 1. The van der Waals surface area contributed by atoms with Gasteiger partial charge in [-0.05, 0) is 12.3 Å². The Bertz CT molecular complexity index is 349. The molecule has 0 spiro atoms. The van der Waals surface area contributed by atoms with E-state index in [4.69, 9.17) is 5.73 Å². The molecule has 0 aromatic carbocycles. The summed E-state index contributed by atoms with van der Waals surface area (Å²) in [6.45, 7) is 4.24. The number of nitrogens with two attached hydrogens (primary N) is 1. The van der Waals surface area contributed by atoms with Gasteiger partial charge in [-0.15, -0.1) is 0 Å². The lowest BCUT2D eigenvalue weighted by molar-refractivity contribution is -0.127. The van der Waals surface area contributed by atoms with E-state index in [1.807, 2.05) is 13.8 Å². The van der Waals surface area contributed by atoms with Gasteiger partial charge in [-0.1, -0.05) is 20.3 Å². The lowest BCUT2D eigenvalue weighted by atomic mass is 9.97. The predicted molar refractivity (Wildman–Crippen MR) is 70.1 cm³/mol. The molecule has 1 fully saturated rings. The lowest BCUT2D eigenvalue weighted by Crippen LogP contribution is -2.56. The minimum atomic E-state index is -0.711. The summed E-state index contributed by atoms with van der Waals surface area (Å²) in [6.07, 6.45) is 1.77. The van der Waals surface area contributed by atoms with Crippen molar-refractivity contribution in [2.24, 2.45) is 11.7 Å². The van der Waals surface area contributed by atoms with Crippen LogP contribution in [-0.2, 0) is 9.59 Å². The van der Waals surface area contributed by atoms with E-state index in [0.29, 0.717) is 19.4 Å².